The van der Waals surface area contributed by atoms with Gasteiger partial charge in [0, 0.05) is 49.3 Å². The number of para-hydroxylation sites is 3. The normalized spacial score (nSPS) is 13.3. The molecule has 0 bridgehead atoms. The third-order valence-electron chi connectivity index (χ3n) is 10.7. The van der Waals surface area contributed by atoms with Crippen molar-refractivity contribution in [1.82, 2.24) is 24.1 Å². The molecule has 12 aromatic rings. The Morgan fingerprint density at radius 3 is 1.58 bits per heavy atom. The van der Waals surface area contributed by atoms with Crippen molar-refractivity contribution in [2.45, 2.75) is 0 Å². The molecule has 0 saturated heterocycles. The number of hydrogen-bond acceptors (Lipinski definition) is 4. The number of benzene rings is 8. The van der Waals surface area contributed by atoms with Gasteiger partial charge in [-0.1, -0.05) is 145 Å². The third-order valence-corrected chi connectivity index (χ3v) is 10.7. The van der Waals surface area contributed by atoms with Gasteiger partial charge in [0.15, 0.2) is 17.5 Å². The fourth-order valence-electron chi connectivity index (χ4n) is 8.27. The molecule has 0 aliphatic rings. The van der Waals surface area contributed by atoms with Gasteiger partial charge in [0.05, 0.1) is 41.4 Å². The maximum absolute atomic E-state index is 9.69. The summed E-state index contributed by atoms with van der Waals surface area (Å²) in [5.41, 5.74) is 6.82. The van der Waals surface area contributed by atoms with Crippen molar-refractivity contribution in [3.05, 3.63) is 188 Å². The van der Waals surface area contributed by atoms with Gasteiger partial charge in [-0.2, -0.15) is 0 Å². The summed E-state index contributed by atoms with van der Waals surface area (Å²) in [5, 5.41) is 3.20. The molecular formula is C51H31N5O. The van der Waals surface area contributed by atoms with Crippen molar-refractivity contribution in [3.8, 4) is 45.5 Å². The molecule has 0 spiro atoms. The van der Waals surface area contributed by atoms with Crippen LogP contribution in [0.1, 0.15) is 8.22 Å². The molecule has 4 heterocycles. The predicted molar refractivity (Wildman–Crippen MR) is 232 cm³/mol. The van der Waals surface area contributed by atoms with Crippen LogP contribution in [0.4, 0.5) is 0 Å². The minimum absolute atomic E-state index is 0.0623. The summed E-state index contributed by atoms with van der Waals surface area (Å²) in [5.74, 6) is 1.44. The Morgan fingerprint density at radius 2 is 0.947 bits per heavy atom. The number of hydrogen-bond donors (Lipinski definition) is 0. The molecule has 57 heavy (non-hydrogen) atoms. The predicted octanol–water partition coefficient (Wildman–Crippen LogP) is 13.0. The van der Waals surface area contributed by atoms with E-state index in [4.69, 9.17) is 22.1 Å². The van der Waals surface area contributed by atoms with Crippen LogP contribution in [-0.2, 0) is 0 Å². The molecule has 6 heteroatoms. The molecule has 266 valence electrons. The first-order valence-electron chi connectivity index (χ1n) is 21.6. The van der Waals surface area contributed by atoms with Gasteiger partial charge in [0.2, 0.25) is 0 Å². The number of aromatic nitrogens is 5. The quantitative estimate of drug-likeness (QED) is 0.177. The monoisotopic (exact) mass is 735 g/mol. The van der Waals surface area contributed by atoms with Crippen molar-refractivity contribution in [1.29, 1.82) is 0 Å². The first-order chi connectivity index (χ1) is 30.7. The number of nitrogens with zero attached hydrogens (tertiary/aromatic N) is 5. The van der Waals surface area contributed by atoms with Gasteiger partial charge in [-0.25, -0.2) is 15.0 Å². The third kappa shape index (κ3) is 4.74. The van der Waals surface area contributed by atoms with Crippen LogP contribution in [0.2, 0.25) is 0 Å². The summed E-state index contributed by atoms with van der Waals surface area (Å²) in [6.45, 7) is 0. The Balaban J connectivity index is 1.27. The van der Waals surface area contributed by atoms with E-state index in [0.717, 1.165) is 22.2 Å². The molecule has 6 nitrogen and oxygen atoms in total. The SMILES string of the molecule is [2H]c1cc([2H])c2c(c1)c1c([2H])c([2H])c3c4cc([2H])cc([2H])c4n(-c4cccc5oc6cccc(-c7nc(-c8ccccc8)nc(-c8ccccc8)n7)c6c45)c3c1n2-c1ccccc1. The second-order valence-corrected chi connectivity index (χ2v) is 13.9. The van der Waals surface area contributed by atoms with Gasteiger partial charge < -0.3 is 13.6 Å². The summed E-state index contributed by atoms with van der Waals surface area (Å²) in [6, 6.07) is 47.2. The van der Waals surface area contributed by atoms with E-state index in [1.807, 2.05) is 137 Å². The van der Waals surface area contributed by atoms with Crippen molar-refractivity contribution in [2.24, 2.45) is 0 Å². The lowest BCUT2D eigenvalue weighted by Gasteiger charge is -2.14. The highest BCUT2D eigenvalue weighted by Gasteiger charge is 2.25. The fraction of sp³-hybridized carbons (Fsp3) is 0. The standard InChI is InChI=1S/C51H31N5O/c1-4-16-32(17-5-1)49-52-50(33-18-6-2-7-19-33)54-51(53-49)39-24-14-28-43-45(39)46-42(27-15-29-44(46)57-43)56-41-26-13-11-23-36(41)38-31-30-37-35-22-10-12-25-40(35)55(47(37)48(38)56)34-20-8-3-9-21-34/h1-31H/i10D,11D,25D,26D,30D,31D. The Bertz CT molecular complexity index is 3810. The second kappa shape index (κ2) is 12.3. The van der Waals surface area contributed by atoms with Crippen LogP contribution < -0.4 is 0 Å². The van der Waals surface area contributed by atoms with Gasteiger partial charge in [-0.15, -0.1) is 0 Å². The lowest BCUT2D eigenvalue weighted by atomic mass is 10.0. The summed E-state index contributed by atoms with van der Waals surface area (Å²) in [7, 11) is 0. The van der Waals surface area contributed by atoms with Crippen LogP contribution in [0.15, 0.2) is 192 Å². The zero-order chi connectivity index (χ0) is 42.7. The Hall–Kier alpha value is -7.83. The summed E-state index contributed by atoms with van der Waals surface area (Å²) in [6.07, 6.45) is 0. The van der Waals surface area contributed by atoms with Gasteiger partial charge in [0.1, 0.15) is 11.2 Å². The van der Waals surface area contributed by atoms with Crippen LogP contribution in [0.5, 0.6) is 0 Å². The maximum atomic E-state index is 9.69. The minimum atomic E-state index is -0.0859. The van der Waals surface area contributed by atoms with E-state index < -0.39 is 0 Å². The Labute approximate surface area is 335 Å². The molecule has 0 aliphatic carbocycles. The number of rotatable bonds is 5. The molecule has 0 saturated carbocycles. The molecule has 0 fully saturated rings. The molecule has 12 rings (SSSR count). The molecule has 0 amide bonds. The summed E-state index contributed by atoms with van der Waals surface area (Å²) >= 11 is 0. The molecule has 4 aromatic heterocycles. The van der Waals surface area contributed by atoms with Crippen LogP contribution in [0.3, 0.4) is 0 Å². The number of fused-ring (bicyclic) bond motifs is 10. The molecule has 8 aromatic carbocycles. The second-order valence-electron chi connectivity index (χ2n) is 13.9. The highest BCUT2D eigenvalue weighted by molar-refractivity contribution is 6.25. The highest BCUT2D eigenvalue weighted by atomic mass is 16.3. The largest absolute Gasteiger partial charge is 0.456 e. The lowest BCUT2D eigenvalue weighted by Crippen LogP contribution is -2.01. The highest BCUT2D eigenvalue weighted by Crippen LogP contribution is 2.45. The van der Waals surface area contributed by atoms with Gasteiger partial charge in [-0.3, -0.25) is 0 Å². The van der Waals surface area contributed by atoms with Crippen molar-refractivity contribution >= 4 is 65.6 Å². The smallest absolute Gasteiger partial charge is 0.164 e. The summed E-state index contributed by atoms with van der Waals surface area (Å²) < 4.78 is 66.1. The van der Waals surface area contributed by atoms with E-state index in [1.165, 1.54) is 12.1 Å². The molecular weight excluding hydrogens is 699 g/mol. The average molecular weight is 736 g/mol. The van der Waals surface area contributed by atoms with Crippen LogP contribution in [0, 0.1) is 0 Å². The molecule has 0 aliphatic heterocycles. The zero-order valence-electron chi connectivity index (χ0n) is 36.1. The topological polar surface area (TPSA) is 61.7 Å². The molecule has 0 atom stereocenters. The molecule has 0 N–H and O–H groups in total. The first-order valence-corrected chi connectivity index (χ1v) is 18.6. The fourth-order valence-corrected chi connectivity index (χ4v) is 8.27. The van der Waals surface area contributed by atoms with Gasteiger partial charge in [0.25, 0.3) is 0 Å². The molecule has 0 unspecified atom stereocenters. The van der Waals surface area contributed by atoms with Crippen molar-refractivity contribution in [2.75, 3.05) is 0 Å². The maximum Gasteiger partial charge on any atom is 0.164 e. The first kappa shape index (κ1) is 26.1. The van der Waals surface area contributed by atoms with Crippen LogP contribution >= 0.6 is 0 Å². The van der Waals surface area contributed by atoms with E-state index in [2.05, 4.69) is 0 Å². The van der Waals surface area contributed by atoms with Crippen molar-refractivity contribution < 1.29 is 12.6 Å². The Kier molecular flexibility index (Phi) is 5.64. The van der Waals surface area contributed by atoms with E-state index in [0.29, 0.717) is 88.9 Å². The Morgan fingerprint density at radius 1 is 0.421 bits per heavy atom. The van der Waals surface area contributed by atoms with E-state index in [-0.39, 0.29) is 36.3 Å². The van der Waals surface area contributed by atoms with Crippen LogP contribution in [0.25, 0.3) is 111 Å². The lowest BCUT2D eigenvalue weighted by molar-refractivity contribution is 0.669. The minimum Gasteiger partial charge on any atom is -0.456 e. The van der Waals surface area contributed by atoms with Crippen LogP contribution in [-0.4, -0.2) is 24.1 Å². The molecule has 0 radical (unpaired) electrons. The summed E-state index contributed by atoms with van der Waals surface area (Å²) in [4.78, 5) is 15.1. The number of furan rings is 1. The van der Waals surface area contributed by atoms with Gasteiger partial charge in [-0.05, 0) is 42.4 Å². The van der Waals surface area contributed by atoms with E-state index in [1.54, 1.807) is 12.1 Å². The van der Waals surface area contributed by atoms with E-state index in [9.17, 15) is 5.48 Å². The zero-order valence-corrected chi connectivity index (χ0v) is 30.1. The van der Waals surface area contributed by atoms with Gasteiger partial charge >= 0.3 is 0 Å². The van der Waals surface area contributed by atoms with Crippen molar-refractivity contribution in [3.63, 3.8) is 0 Å². The van der Waals surface area contributed by atoms with E-state index >= 15 is 0 Å². The average Bonchev–Trinajstić information content (AvgIpc) is 3.97.